The smallest absolute Gasteiger partial charge is 0.304 e. The van der Waals surface area contributed by atoms with Gasteiger partial charge in [-0.15, -0.1) is 0 Å². The molecule has 10 nitrogen and oxygen atoms in total. The summed E-state index contributed by atoms with van der Waals surface area (Å²) in [5, 5.41) is 43.7. The van der Waals surface area contributed by atoms with Crippen LogP contribution < -0.4 is 0 Å². The van der Waals surface area contributed by atoms with Gasteiger partial charge in [-0.1, -0.05) is 136 Å². The molecule has 0 spiro atoms. The van der Waals surface area contributed by atoms with Gasteiger partial charge in [0.25, 0.3) is 0 Å². The van der Waals surface area contributed by atoms with Crippen molar-refractivity contribution in [3.05, 3.63) is 139 Å². The molecular weight excluding hydrogens is 970 g/mol. The number of carbonyl (C=O) groups excluding carboxylic acids is 2. The molecule has 0 radical (unpaired) electrons. The first-order valence-electron chi connectivity index (χ1n) is 24.1. The molecule has 2 aliphatic heterocycles. The van der Waals surface area contributed by atoms with E-state index in [0.717, 1.165) is 22.3 Å². The van der Waals surface area contributed by atoms with E-state index in [0.29, 0.717) is 45.8 Å². The molecule has 14 heteroatoms. The van der Waals surface area contributed by atoms with E-state index in [-0.39, 0.29) is 72.5 Å². The highest BCUT2D eigenvalue weighted by molar-refractivity contribution is 6.31. The van der Waals surface area contributed by atoms with Crippen LogP contribution in [0.15, 0.2) is 97.1 Å². The van der Waals surface area contributed by atoms with Gasteiger partial charge < -0.3 is 30.2 Å². The van der Waals surface area contributed by atoms with Gasteiger partial charge in [0, 0.05) is 55.8 Å². The molecule has 0 bridgehead atoms. The third kappa shape index (κ3) is 12.9. The minimum Gasteiger partial charge on any atom is -0.481 e. The van der Waals surface area contributed by atoms with Crippen molar-refractivity contribution < 1.29 is 39.6 Å². The van der Waals surface area contributed by atoms with E-state index in [2.05, 4.69) is 0 Å². The van der Waals surface area contributed by atoms with E-state index in [1.807, 2.05) is 98.2 Å². The van der Waals surface area contributed by atoms with Crippen LogP contribution in [0.2, 0.25) is 20.1 Å². The van der Waals surface area contributed by atoms with E-state index in [4.69, 9.17) is 46.4 Å². The number of halogens is 4. The molecule has 4 aromatic rings. The lowest BCUT2D eigenvalue weighted by atomic mass is 9.66. The van der Waals surface area contributed by atoms with Crippen molar-refractivity contribution >= 4 is 70.2 Å². The molecular formula is C56H70Cl4N2O8. The van der Waals surface area contributed by atoms with Gasteiger partial charge in [0.05, 0.1) is 47.0 Å². The van der Waals surface area contributed by atoms with Crippen LogP contribution in [0.1, 0.15) is 154 Å². The number of benzene rings is 4. The van der Waals surface area contributed by atoms with Gasteiger partial charge in [-0.3, -0.25) is 19.2 Å². The van der Waals surface area contributed by atoms with Crippen LogP contribution >= 0.6 is 46.4 Å². The zero-order valence-corrected chi connectivity index (χ0v) is 45.0. The Hall–Kier alpha value is -4.16. The van der Waals surface area contributed by atoms with Gasteiger partial charge in [-0.25, -0.2) is 0 Å². The number of aliphatic carboxylic acids is 2. The Morgan fingerprint density at radius 3 is 1.14 bits per heavy atom. The number of rotatable bonds is 16. The second-order valence-corrected chi connectivity index (χ2v) is 23.0. The number of hydrogen-bond donors (Lipinski definition) is 4. The van der Waals surface area contributed by atoms with Gasteiger partial charge in [0.15, 0.2) is 0 Å². The standard InChI is InChI=1S/2C28H35Cl2NO4/c2*1-6-23(17(2)27(3,4)35)31-25(18-10-12-20(29)13-11-18)22(19-8-7-9-21(30)14-19)15-28(5,26(31)34)16-24(32)33/h2*7-14,17,22-23,25,35H,6,15-16H2,1-5H3,(H,32,33)/t17-,22+,23-,25+,28+;17-,22-,23+,25-,28-/m01/s1. The highest BCUT2D eigenvalue weighted by atomic mass is 35.5. The zero-order chi connectivity index (χ0) is 52.3. The second-order valence-electron chi connectivity index (χ2n) is 21.2. The van der Waals surface area contributed by atoms with Gasteiger partial charge >= 0.3 is 11.9 Å². The maximum Gasteiger partial charge on any atom is 0.304 e. The molecule has 2 amide bonds. The molecule has 70 heavy (non-hydrogen) atoms. The molecule has 380 valence electrons. The molecule has 2 aliphatic rings. The molecule has 6 rings (SSSR count). The van der Waals surface area contributed by atoms with Crippen molar-refractivity contribution in [1.29, 1.82) is 0 Å². The van der Waals surface area contributed by atoms with Crippen molar-refractivity contribution in [3.63, 3.8) is 0 Å². The van der Waals surface area contributed by atoms with Crippen LogP contribution in [0, 0.1) is 22.7 Å². The molecule has 4 N–H and O–H groups in total. The fraction of sp³-hybridized carbons (Fsp3) is 0.500. The number of hydrogen-bond acceptors (Lipinski definition) is 6. The van der Waals surface area contributed by atoms with Crippen molar-refractivity contribution in [1.82, 2.24) is 9.80 Å². The predicted molar refractivity (Wildman–Crippen MR) is 279 cm³/mol. The number of likely N-dealkylation sites (tertiary alicyclic amines) is 2. The number of carboxylic acid groups (broad SMARTS) is 2. The van der Waals surface area contributed by atoms with Crippen LogP contribution in [0.3, 0.4) is 0 Å². The topological polar surface area (TPSA) is 156 Å². The van der Waals surface area contributed by atoms with Crippen molar-refractivity contribution in [2.75, 3.05) is 0 Å². The first-order chi connectivity index (χ1) is 32.6. The van der Waals surface area contributed by atoms with Gasteiger partial charge in [-0.2, -0.15) is 0 Å². The molecule has 2 fully saturated rings. The van der Waals surface area contributed by atoms with E-state index in [1.165, 1.54) is 0 Å². The Bertz CT molecular complexity index is 2300. The summed E-state index contributed by atoms with van der Waals surface area (Å²) in [5.41, 5.74) is -0.620. The van der Waals surface area contributed by atoms with Gasteiger partial charge in [0.2, 0.25) is 11.8 Å². The summed E-state index contributed by atoms with van der Waals surface area (Å²) in [5.74, 6) is -3.39. The second kappa shape index (κ2) is 22.7. The Morgan fingerprint density at radius 2 is 0.886 bits per heavy atom. The molecule has 0 saturated carbocycles. The number of nitrogens with zero attached hydrogens (tertiary/aromatic N) is 2. The van der Waals surface area contributed by atoms with E-state index in [1.54, 1.807) is 77.9 Å². The molecule has 0 unspecified atom stereocenters. The summed E-state index contributed by atoms with van der Waals surface area (Å²) in [6.07, 6.45) is 1.37. The number of carboxylic acids is 2. The maximum atomic E-state index is 14.2. The minimum absolute atomic E-state index is 0.207. The lowest BCUT2D eigenvalue weighted by Gasteiger charge is -2.54. The largest absolute Gasteiger partial charge is 0.481 e. The summed E-state index contributed by atoms with van der Waals surface area (Å²) in [6.45, 7) is 18.4. The summed E-state index contributed by atoms with van der Waals surface area (Å²) in [6, 6.07) is 28.6. The number of amides is 2. The highest BCUT2D eigenvalue weighted by Gasteiger charge is 2.55. The Kier molecular flexibility index (Phi) is 18.4. The summed E-state index contributed by atoms with van der Waals surface area (Å²) >= 11 is 25.1. The van der Waals surface area contributed by atoms with Crippen molar-refractivity contribution in [3.8, 4) is 0 Å². The monoisotopic (exact) mass is 1040 g/mol. The molecule has 10 atom stereocenters. The van der Waals surface area contributed by atoms with Crippen molar-refractivity contribution in [2.45, 2.75) is 155 Å². The minimum atomic E-state index is -1.12. The van der Waals surface area contributed by atoms with Crippen LogP contribution in [0.25, 0.3) is 0 Å². The average molecular weight is 1040 g/mol. The maximum absolute atomic E-state index is 14.2. The predicted octanol–water partition coefficient (Wildman–Crippen LogP) is 13.4. The first-order valence-corrected chi connectivity index (χ1v) is 25.6. The summed E-state index contributed by atoms with van der Waals surface area (Å²) < 4.78 is 0. The van der Waals surface area contributed by atoms with E-state index < -0.39 is 34.0 Å². The molecule has 2 saturated heterocycles. The lowest BCUT2D eigenvalue weighted by Crippen LogP contribution is -2.59. The van der Waals surface area contributed by atoms with Crippen LogP contribution in [-0.2, 0) is 19.2 Å². The first kappa shape index (κ1) is 56.8. The third-order valence-electron chi connectivity index (χ3n) is 15.2. The summed E-state index contributed by atoms with van der Waals surface area (Å²) in [4.78, 5) is 56.0. The Balaban J connectivity index is 0.000000261. The van der Waals surface area contributed by atoms with Gasteiger partial charge in [0.1, 0.15) is 0 Å². The molecule has 0 aromatic heterocycles. The van der Waals surface area contributed by atoms with E-state index >= 15 is 0 Å². The van der Waals surface area contributed by atoms with Crippen LogP contribution in [-0.4, -0.2) is 77.3 Å². The fourth-order valence-electron chi connectivity index (χ4n) is 11.0. The number of aliphatic hydroxyl groups is 2. The SMILES string of the molecule is CC[C@@H]([C@@H](C)C(C)(C)O)N1C(=O)[C@@](C)(CC(=O)O)C[C@H](c2cccc(Cl)c2)[C@H]1c1ccc(Cl)cc1.CC[C@@H]([C@H](C)C(C)(C)O)N1C(=O)[C@@](C)(CC(=O)O)C[C@H](c2cccc(Cl)c2)[C@H]1c1ccc(Cl)cc1. The summed E-state index contributed by atoms with van der Waals surface area (Å²) in [7, 11) is 0. The van der Waals surface area contributed by atoms with Crippen molar-refractivity contribution in [2.24, 2.45) is 22.7 Å². The van der Waals surface area contributed by atoms with Gasteiger partial charge in [-0.05, 0) is 124 Å². The van der Waals surface area contributed by atoms with Crippen LogP contribution in [0.5, 0.6) is 0 Å². The quantitative estimate of drug-likeness (QED) is 0.0864. The molecule has 4 aromatic carbocycles. The Labute approximate surface area is 434 Å². The molecule has 2 heterocycles. The average Bonchev–Trinajstić information content (AvgIpc) is 3.26. The fourth-order valence-corrected chi connectivity index (χ4v) is 11.7. The van der Waals surface area contributed by atoms with Crippen LogP contribution in [0.4, 0.5) is 0 Å². The molecule has 0 aliphatic carbocycles. The highest BCUT2D eigenvalue weighted by Crippen LogP contribution is 2.55. The number of carbonyl (C=O) groups is 4. The van der Waals surface area contributed by atoms with E-state index in [9.17, 15) is 39.6 Å². The number of piperidine rings is 2. The normalized spacial score (nSPS) is 24.8. The zero-order valence-electron chi connectivity index (χ0n) is 41.9. The third-order valence-corrected chi connectivity index (χ3v) is 16.2. The lowest BCUT2D eigenvalue weighted by molar-refractivity contribution is -0.164. The Morgan fingerprint density at radius 1 is 0.571 bits per heavy atom.